The van der Waals surface area contributed by atoms with Crippen molar-refractivity contribution < 1.29 is 14.6 Å². The first-order valence-electron chi connectivity index (χ1n) is 8.25. The van der Waals surface area contributed by atoms with E-state index in [9.17, 15) is 4.79 Å². The summed E-state index contributed by atoms with van der Waals surface area (Å²) in [5, 5.41) is 8.93. The lowest BCUT2D eigenvalue weighted by atomic mass is 9.97. The third-order valence-corrected chi connectivity index (χ3v) is 4.10. The molecule has 0 bridgehead atoms. The van der Waals surface area contributed by atoms with Gasteiger partial charge in [0.2, 0.25) is 0 Å². The molecule has 0 unspecified atom stereocenters. The molecule has 2 aliphatic rings. The van der Waals surface area contributed by atoms with Crippen molar-refractivity contribution in [3.8, 4) is 17.6 Å². The molecule has 0 spiro atoms. The zero-order chi connectivity index (χ0) is 17.3. The number of fused-ring (bicyclic) bond motifs is 1. The molecule has 1 aromatic carbocycles. The van der Waals surface area contributed by atoms with Gasteiger partial charge in [0.15, 0.2) is 0 Å². The van der Waals surface area contributed by atoms with Crippen LogP contribution in [-0.2, 0) is 4.79 Å². The van der Waals surface area contributed by atoms with Gasteiger partial charge >= 0.3 is 5.97 Å². The van der Waals surface area contributed by atoms with Crippen molar-refractivity contribution in [2.45, 2.75) is 20.8 Å². The van der Waals surface area contributed by atoms with E-state index in [1.165, 1.54) is 5.57 Å². The van der Waals surface area contributed by atoms with Crippen molar-refractivity contribution >= 4 is 24.5 Å². The van der Waals surface area contributed by atoms with Gasteiger partial charge in [0.1, 0.15) is 12.4 Å². The summed E-state index contributed by atoms with van der Waals surface area (Å²) in [6.45, 7) is 8.85. The smallest absolute Gasteiger partial charge is 0.309 e. The van der Waals surface area contributed by atoms with E-state index in [0.717, 1.165) is 23.4 Å². The van der Waals surface area contributed by atoms with Gasteiger partial charge in [-0.1, -0.05) is 17.9 Å². The molecule has 3 rings (SSSR count). The largest absolute Gasteiger partial charge is 0.489 e. The average molecular weight is 362 g/mol. The standard InChI is InChI=1S/C20H23NO3.ClH/c1-20(2,3)7-6-14-4-5-16-8-15(13-24-18(16)9-14)10-21-11-17(12-21)19(22)23;/h4-5,8-9,17H,10-13H2,1-3H3,(H,22,23);1H. The minimum Gasteiger partial charge on any atom is -0.489 e. The Morgan fingerprint density at radius 3 is 2.72 bits per heavy atom. The van der Waals surface area contributed by atoms with Crippen molar-refractivity contribution in [1.82, 2.24) is 4.90 Å². The Morgan fingerprint density at radius 2 is 2.08 bits per heavy atom. The number of halogens is 1. The monoisotopic (exact) mass is 361 g/mol. The Kier molecular flexibility index (Phi) is 5.82. The summed E-state index contributed by atoms with van der Waals surface area (Å²) >= 11 is 0. The van der Waals surface area contributed by atoms with Crippen LogP contribution in [0.5, 0.6) is 5.75 Å². The molecule has 0 saturated carbocycles. The number of benzene rings is 1. The number of carbonyl (C=O) groups is 1. The van der Waals surface area contributed by atoms with E-state index >= 15 is 0 Å². The van der Waals surface area contributed by atoms with E-state index in [1.807, 2.05) is 18.2 Å². The van der Waals surface area contributed by atoms with E-state index in [-0.39, 0.29) is 23.7 Å². The van der Waals surface area contributed by atoms with E-state index < -0.39 is 5.97 Å². The van der Waals surface area contributed by atoms with E-state index in [1.54, 1.807) is 0 Å². The maximum atomic E-state index is 10.9. The molecule has 5 heteroatoms. The zero-order valence-electron chi connectivity index (χ0n) is 14.8. The van der Waals surface area contributed by atoms with Crippen LogP contribution in [0.1, 0.15) is 31.9 Å². The summed E-state index contributed by atoms with van der Waals surface area (Å²) in [4.78, 5) is 13.0. The summed E-state index contributed by atoms with van der Waals surface area (Å²) < 4.78 is 5.87. The van der Waals surface area contributed by atoms with Gasteiger partial charge < -0.3 is 9.84 Å². The number of carboxylic acid groups (broad SMARTS) is 1. The molecule has 0 amide bonds. The maximum absolute atomic E-state index is 10.9. The van der Waals surface area contributed by atoms with Crippen LogP contribution in [-0.4, -0.2) is 42.2 Å². The highest BCUT2D eigenvalue weighted by atomic mass is 35.5. The molecule has 1 saturated heterocycles. The molecule has 1 aromatic rings. The van der Waals surface area contributed by atoms with Crippen LogP contribution in [0, 0.1) is 23.2 Å². The summed E-state index contributed by atoms with van der Waals surface area (Å²) in [7, 11) is 0. The first kappa shape index (κ1) is 19.4. The Balaban J connectivity index is 0.00000225. The lowest BCUT2D eigenvalue weighted by Crippen LogP contribution is -2.51. The third-order valence-electron chi connectivity index (χ3n) is 4.10. The number of rotatable bonds is 3. The number of hydrogen-bond acceptors (Lipinski definition) is 3. The van der Waals surface area contributed by atoms with Crippen molar-refractivity contribution in [1.29, 1.82) is 0 Å². The molecular formula is C20H24ClNO3. The fourth-order valence-corrected chi connectivity index (χ4v) is 2.78. The van der Waals surface area contributed by atoms with Gasteiger partial charge in [-0.25, -0.2) is 0 Å². The molecule has 4 nitrogen and oxygen atoms in total. The molecule has 25 heavy (non-hydrogen) atoms. The molecule has 134 valence electrons. The third kappa shape index (κ3) is 5.01. The molecule has 0 atom stereocenters. The quantitative estimate of drug-likeness (QED) is 0.839. The molecule has 0 aromatic heterocycles. The lowest BCUT2D eigenvalue weighted by molar-refractivity contribution is -0.147. The number of carboxylic acids is 1. The normalized spacial score (nSPS) is 17.0. The summed E-state index contributed by atoms with van der Waals surface area (Å²) in [5.74, 6) is 6.38. The predicted octanol–water partition coefficient (Wildman–Crippen LogP) is 3.30. The average Bonchev–Trinajstić information content (AvgIpc) is 2.47. The SMILES string of the molecule is CC(C)(C)C#Cc1ccc2c(c1)OCC(CN1CC(C(=O)O)C1)=C2.Cl. The van der Waals surface area contributed by atoms with Gasteiger partial charge in [-0.2, -0.15) is 0 Å². The van der Waals surface area contributed by atoms with E-state index in [2.05, 4.69) is 43.6 Å². The second-order valence-corrected chi connectivity index (χ2v) is 7.57. The maximum Gasteiger partial charge on any atom is 0.309 e. The second-order valence-electron chi connectivity index (χ2n) is 7.57. The van der Waals surface area contributed by atoms with Crippen molar-refractivity contribution in [2.75, 3.05) is 26.2 Å². The Morgan fingerprint density at radius 1 is 1.36 bits per heavy atom. The van der Waals surface area contributed by atoms with Gasteiger partial charge in [0, 0.05) is 36.2 Å². The molecule has 2 heterocycles. The highest BCUT2D eigenvalue weighted by molar-refractivity contribution is 5.85. The van der Waals surface area contributed by atoms with E-state index in [4.69, 9.17) is 9.84 Å². The van der Waals surface area contributed by atoms with Crippen LogP contribution in [0.2, 0.25) is 0 Å². The van der Waals surface area contributed by atoms with Crippen LogP contribution < -0.4 is 4.74 Å². The first-order valence-corrected chi connectivity index (χ1v) is 8.25. The van der Waals surface area contributed by atoms with Crippen LogP contribution in [0.4, 0.5) is 0 Å². The number of likely N-dealkylation sites (tertiary alicyclic amines) is 1. The molecule has 1 N–H and O–H groups in total. The van der Waals surface area contributed by atoms with Gasteiger partial charge in [0.25, 0.3) is 0 Å². The van der Waals surface area contributed by atoms with Crippen molar-refractivity contribution in [2.24, 2.45) is 11.3 Å². The van der Waals surface area contributed by atoms with Crippen LogP contribution in [0.25, 0.3) is 6.08 Å². The second kappa shape index (κ2) is 7.51. The Hall–Kier alpha value is -1.96. The fraction of sp³-hybridized carbons (Fsp3) is 0.450. The highest BCUT2D eigenvalue weighted by Gasteiger charge is 2.32. The van der Waals surface area contributed by atoms with Crippen LogP contribution in [0.15, 0.2) is 23.8 Å². The predicted molar refractivity (Wildman–Crippen MR) is 101 cm³/mol. The number of ether oxygens (including phenoxy) is 1. The Bertz CT molecular complexity index is 746. The highest BCUT2D eigenvalue weighted by Crippen LogP contribution is 2.29. The lowest BCUT2D eigenvalue weighted by Gasteiger charge is -2.37. The molecule has 2 aliphatic heterocycles. The molecule has 0 radical (unpaired) electrons. The molecule has 1 fully saturated rings. The Labute approximate surface area is 155 Å². The first-order chi connectivity index (χ1) is 11.3. The minimum absolute atomic E-state index is 0. The van der Waals surface area contributed by atoms with Crippen LogP contribution >= 0.6 is 12.4 Å². The molecular weight excluding hydrogens is 338 g/mol. The van der Waals surface area contributed by atoms with Crippen molar-refractivity contribution in [3.05, 3.63) is 34.9 Å². The van der Waals surface area contributed by atoms with Crippen LogP contribution in [0.3, 0.4) is 0 Å². The van der Waals surface area contributed by atoms with Gasteiger partial charge in [-0.15, -0.1) is 12.4 Å². The number of hydrogen-bond donors (Lipinski definition) is 1. The molecule has 0 aliphatic carbocycles. The topological polar surface area (TPSA) is 49.8 Å². The minimum atomic E-state index is -0.700. The van der Waals surface area contributed by atoms with E-state index in [0.29, 0.717) is 19.7 Å². The van der Waals surface area contributed by atoms with Crippen molar-refractivity contribution in [3.63, 3.8) is 0 Å². The number of aliphatic carboxylic acids is 1. The van der Waals surface area contributed by atoms with Gasteiger partial charge in [-0.05, 0) is 44.6 Å². The number of nitrogens with zero attached hydrogens (tertiary/aromatic N) is 1. The fourth-order valence-electron chi connectivity index (χ4n) is 2.78. The zero-order valence-corrected chi connectivity index (χ0v) is 15.7. The van der Waals surface area contributed by atoms with Gasteiger partial charge in [0.05, 0.1) is 5.92 Å². The summed E-state index contributed by atoms with van der Waals surface area (Å²) in [6.07, 6.45) is 2.15. The summed E-state index contributed by atoms with van der Waals surface area (Å²) in [6, 6.07) is 6.05. The summed E-state index contributed by atoms with van der Waals surface area (Å²) in [5.41, 5.74) is 3.19. The van der Waals surface area contributed by atoms with Gasteiger partial charge in [-0.3, -0.25) is 9.69 Å².